The number of amides is 1. The maximum Gasteiger partial charge on any atom is 0.277 e. The van der Waals surface area contributed by atoms with Gasteiger partial charge in [-0.3, -0.25) is 14.9 Å². The van der Waals surface area contributed by atoms with Gasteiger partial charge in [-0.2, -0.15) is 5.10 Å². The van der Waals surface area contributed by atoms with E-state index in [0.29, 0.717) is 17.4 Å². The molecule has 34 heavy (non-hydrogen) atoms. The Labute approximate surface area is 198 Å². The molecule has 0 heterocycles. The lowest BCUT2D eigenvalue weighted by Gasteiger charge is -2.33. The molecule has 1 aliphatic carbocycles. The van der Waals surface area contributed by atoms with Crippen molar-refractivity contribution in [2.45, 2.75) is 38.1 Å². The lowest BCUT2D eigenvalue weighted by Crippen LogP contribution is -2.34. The van der Waals surface area contributed by atoms with E-state index in [1.807, 2.05) is 49.5 Å². The Morgan fingerprint density at radius 3 is 2.71 bits per heavy atom. The van der Waals surface area contributed by atoms with Crippen LogP contribution in [0, 0.1) is 10.1 Å². The van der Waals surface area contributed by atoms with Crippen molar-refractivity contribution < 1.29 is 14.5 Å². The summed E-state index contributed by atoms with van der Waals surface area (Å²) in [7, 11) is 2.01. The van der Waals surface area contributed by atoms with Crippen molar-refractivity contribution in [1.29, 1.82) is 0 Å². The fourth-order valence-corrected chi connectivity index (χ4v) is 4.42. The van der Waals surface area contributed by atoms with Gasteiger partial charge in [0.05, 0.1) is 11.1 Å². The molecule has 0 atom stereocenters. The number of nitrogens with one attached hydrogen (secondary N) is 1. The first kappa shape index (κ1) is 23.2. The number of nitrogens with zero attached hydrogens (tertiary/aromatic N) is 3. The van der Waals surface area contributed by atoms with Crippen molar-refractivity contribution in [3.8, 4) is 5.75 Å². The van der Waals surface area contributed by atoms with Gasteiger partial charge in [0, 0.05) is 41.9 Å². The number of nitro groups is 1. The molecule has 1 aliphatic rings. The monoisotopic (exact) mass is 460 g/mol. The van der Waals surface area contributed by atoms with Gasteiger partial charge in [0.25, 0.3) is 11.6 Å². The number of rotatable bonds is 8. The third kappa shape index (κ3) is 5.51. The van der Waals surface area contributed by atoms with Crippen LogP contribution in [-0.2, 0) is 4.79 Å². The van der Waals surface area contributed by atoms with E-state index >= 15 is 0 Å². The fourth-order valence-electron chi connectivity index (χ4n) is 4.42. The maximum atomic E-state index is 12.3. The molecule has 0 bridgehead atoms. The third-order valence-corrected chi connectivity index (χ3v) is 6.23. The van der Waals surface area contributed by atoms with Gasteiger partial charge in [0.15, 0.2) is 6.61 Å². The van der Waals surface area contributed by atoms with E-state index in [1.165, 1.54) is 37.6 Å². The van der Waals surface area contributed by atoms with E-state index < -0.39 is 10.8 Å². The van der Waals surface area contributed by atoms with E-state index in [0.717, 1.165) is 29.3 Å². The lowest BCUT2D eigenvalue weighted by atomic mass is 9.94. The minimum atomic E-state index is -0.432. The minimum absolute atomic E-state index is 0.0205. The van der Waals surface area contributed by atoms with Crippen LogP contribution in [0.25, 0.3) is 10.8 Å². The number of carbonyl (C=O) groups is 1. The van der Waals surface area contributed by atoms with Gasteiger partial charge in [0.1, 0.15) is 5.75 Å². The molecule has 0 spiro atoms. The number of non-ortho nitro benzene ring substituents is 1. The Balaban J connectivity index is 1.43. The molecule has 8 nitrogen and oxygen atoms in total. The number of anilines is 1. The summed E-state index contributed by atoms with van der Waals surface area (Å²) in [5.41, 5.74) is 3.87. The summed E-state index contributed by atoms with van der Waals surface area (Å²) in [6, 6.07) is 18.6. The predicted octanol–water partition coefficient (Wildman–Crippen LogP) is 5.05. The molecule has 0 unspecified atom stereocenters. The average molecular weight is 461 g/mol. The molecule has 8 heteroatoms. The summed E-state index contributed by atoms with van der Waals surface area (Å²) in [4.78, 5) is 25.3. The van der Waals surface area contributed by atoms with Crippen molar-refractivity contribution in [2.24, 2.45) is 5.10 Å². The average Bonchev–Trinajstić information content (AvgIpc) is 2.87. The molecule has 0 aromatic heterocycles. The van der Waals surface area contributed by atoms with Crippen molar-refractivity contribution >= 4 is 34.3 Å². The molecule has 0 saturated heterocycles. The Hall–Kier alpha value is -3.94. The summed E-state index contributed by atoms with van der Waals surface area (Å²) in [6.45, 7) is -0.199. The lowest BCUT2D eigenvalue weighted by molar-refractivity contribution is -0.384. The number of hydrazone groups is 1. The summed E-state index contributed by atoms with van der Waals surface area (Å²) in [6.07, 6.45) is 7.23. The largest absolute Gasteiger partial charge is 0.483 e. The normalized spacial score (nSPS) is 14.3. The van der Waals surface area contributed by atoms with Gasteiger partial charge in [-0.1, -0.05) is 55.7 Å². The van der Waals surface area contributed by atoms with E-state index in [-0.39, 0.29) is 12.3 Å². The Bertz CT molecular complexity index is 1200. The van der Waals surface area contributed by atoms with Crippen LogP contribution >= 0.6 is 0 Å². The zero-order valence-corrected chi connectivity index (χ0v) is 19.1. The van der Waals surface area contributed by atoms with Crippen molar-refractivity contribution in [3.63, 3.8) is 0 Å². The van der Waals surface area contributed by atoms with Crippen molar-refractivity contribution in [2.75, 3.05) is 18.6 Å². The van der Waals surface area contributed by atoms with Crippen LogP contribution in [0.3, 0.4) is 0 Å². The second-order valence-electron chi connectivity index (χ2n) is 8.46. The second kappa shape index (κ2) is 10.8. The first-order valence-electron chi connectivity index (χ1n) is 11.5. The highest BCUT2D eigenvalue weighted by atomic mass is 16.6. The van der Waals surface area contributed by atoms with Crippen molar-refractivity contribution in [3.05, 3.63) is 76.3 Å². The number of benzene rings is 3. The summed E-state index contributed by atoms with van der Waals surface area (Å²) < 4.78 is 5.69. The van der Waals surface area contributed by atoms with E-state index in [1.54, 1.807) is 6.07 Å². The number of nitro benzene ring substituents is 1. The molecule has 1 N–H and O–H groups in total. The van der Waals surface area contributed by atoms with Gasteiger partial charge in [-0.25, -0.2) is 5.43 Å². The van der Waals surface area contributed by atoms with Crippen LogP contribution in [0.4, 0.5) is 11.4 Å². The molecular formula is C26H28N4O4. The van der Waals surface area contributed by atoms with Gasteiger partial charge in [0.2, 0.25) is 0 Å². The van der Waals surface area contributed by atoms with Gasteiger partial charge >= 0.3 is 0 Å². The molecule has 0 radical (unpaired) electrons. The first-order valence-corrected chi connectivity index (χ1v) is 11.5. The summed E-state index contributed by atoms with van der Waals surface area (Å²) in [5.74, 6) is 0.198. The molecule has 4 rings (SSSR count). The highest BCUT2D eigenvalue weighted by Gasteiger charge is 2.21. The molecule has 3 aromatic rings. The molecule has 1 amide bonds. The summed E-state index contributed by atoms with van der Waals surface area (Å²) in [5, 5.41) is 17.3. The zero-order valence-electron chi connectivity index (χ0n) is 19.1. The number of hydrogen-bond donors (Lipinski definition) is 1. The van der Waals surface area contributed by atoms with Crippen LogP contribution in [0.1, 0.15) is 37.7 Å². The molecule has 1 saturated carbocycles. The maximum absolute atomic E-state index is 12.3. The number of fused-ring (bicyclic) bond motifs is 1. The predicted molar refractivity (Wildman–Crippen MR) is 134 cm³/mol. The van der Waals surface area contributed by atoms with E-state index in [2.05, 4.69) is 15.4 Å². The third-order valence-electron chi connectivity index (χ3n) is 6.23. The van der Waals surface area contributed by atoms with E-state index in [4.69, 9.17) is 4.74 Å². The van der Waals surface area contributed by atoms with Gasteiger partial charge < -0.3 is 9.64 Å². The topological polar surface area (TPSA) is 97.1 Å². The van der Waals surface area contributed by atoms with Crippen LogP contribution in [0.2, 0.25) is 0 Å². The fraction of sp³-hybridized carbons (Fsp3) is 0.308. The highest BCUT2D eigenvalue weighted by Crippen LogP contribution is 2.30. The van der Waals surface area contributed by atoms with Crippen LogP contribution in [0.5, 0.6) is 5.75 Å². The molecule has 3 aromatic carbocycles. The summed E-state index contributed by atoms with van der Waals surface area (Å²) >= 11 is 0. The standard InChI is InChI=1S/C26H28N4O4/c1-29(21-10-3-2-4-11-21)24-15-14-22(30(32)33)16-20(24)17-27-28-26(31)18-34-25-13-7-9-19-8-5-6-12-23(19)25/h5-9,12-17,21H,2-4,10-11,18H2,1H3,(H,28,31). The minimum Gasteiger partial charge on any atom is -0.483 e. The quantitative estimate of drug-likeness (QED) is 0.288. The first-order chi connectivity index (χ1) is 16.5. The SMILES string of the molecule is CN(c1ccc([N+](=O)[O-])cc1C=NNC(=O)COc1cccc2ccccc12)C1CCCCC1. The smallest absolute Gasteiger partial charge is 0.277 e. The Kier molecular flexibility index (Phi) is 7.37. The molecule has 176 valence electrons. The molecule has 1 fully saturated rings. The Morgan fingerprint density at radius 2 is 1.91 bits per heavy atom. The number of hydrogen-bond acceptors (Lipinski definition) is 6. The van der Waals surface area contributed by atoms with Crippen LogP contribution < -0.4 is 15.1 Å². The zero-order chi connectivity index (χ0) is 23.9. The van der Waals surface area contributed by atoms with Gasteiger partial charge in [-0.05, 0) is 30.4 Å². The number of carbonyl (C=O) groups excluding carboxylic acids is 1. The van der Waals surface area contributed by atoms with Crippen LogP contribution in [0.15, 0.2) is 65.8 Å². The van der Waals surface area contributed by atoms with E-state index in [9.17, 15) is 14.9 Å². The van der Waals surface area contributed by atoms with Gasteiger partial charge in [-0.15, -0.1) is 0 Å². The molecule has 0 aliphatic heterocycles. The number of ether oxygens (including phenoxy) is 1. The second-order valence-corrected chi connectivity index (χ2v) is 8.46. The van der Waals surface area contributed by atoms with Crippen molar-refractivity contribution in [1.82, 2.24) is 5.43 Å². The molecular weight excluding hydrogens is 432 g/mol. The van der Waals surface area contributed by atoms with Crippen LogP contribution in [-0.4, -0.2) is 36.7 Å². The highest BCUT2D eigenvalue weighted by molar-refractivity contribution is 5.91. The Morgan fingerprint density at radius 1 is 1.15 bits per heavy atom.